The lowest BCUT2D eigenvalue weighted by Crippen LogP contribution is -1.99. The standard InChI is InChI=1S/C8H5ClF2N2O/c9-7-4(3-14)1-5(8(10)11)6(2-12)13-7/h1,8,14H,3H2. The number of hydrogen-bond acceptors (Lipinski definition) is 3. The lowest BCUT2D eigenvalue weighted by atomic mass is 10.1. The van der Waals surface area contributed by atoms with Gasteiger partial charge in [0, 0.05) is 5.56 Å². The van der Waals surface area contributed by atoms with Gasteiger partial charge in [-0.1, -0.05) is 11.6 Å². The Morgan fingerprint density at radius 2 is 2.29 bits per heavy atom. The first kappa shape index (κ1) is 10.8. The molecule has 0 saturated carbocycles. The Balaban J connectivity index is 3.34. The highest BCUT2D eigenvalue weighted by molar-refractivity contribution is 6.30. The zero-order chi connectivity index (χ0) is 10.7. The summed E-state index contributed by atoms with van der Waals surface area (Å²) < 4.78 is 24.7. The summed E-state index contributed by atoms with van der Waals surface area (Å²) in [6.45, 7) is -0.489. The maximum Gasteiger partial charge on any atom is 0.266 e. The highest BCUT2D eigenvalue weighted by Gasteiger charge is 2.17. The van der Waals surface area contributed by atoms with Crippen molar-refractivity contribution >= 4 is 11.6 Å². The molecule has 3 nitrogen and oxygen atoms in total. The van der Waals surface area contributed by atoms with Crippen LogP contribution < -0.4 is 0 Å². The van der Waals surface area contributed by atoms with Crippen LogP contribution in [0.2, 0.25) is 5.15 Å². The molecule has 1 N–H and O–H groups in total. The molecule has 1 heterocycles. The number of hydrogen-bond donors (Lipinski definition) is 1. The minimum absolute atomic E-state index is 0.0842. The number of nitriles is 1. The van der Waals surface area contributed by atoms with Gasteiger partial charge >= 0.3 is 0 Å². The highest BCUT2D eigenvalue weighted by atomic mass is 35.5. The van der Waals surface area contributed by atoms with E-state index in [1.54, 1.807) is 0 Å². The molecule has 0 atom stereocenters. The molecule has 0 radical (unpaired) electrons. The van der Waals surface area contributed by atoms with Gasteiger partial charge in [0.25, 0.3) is 6.43 Å². The first-order valence-corrected chi connectivity index (χ1v) is 3.96. The molecule has 0 aromatic carbocycles. The van der Waals surface area contributed by atoms with Crippen molar-refractivity contribution in [1.82, 2.24) is 4.98 Å². The van der Waals surface area contributed by atoms with E-state index in [1.165, 1.54) is 6.07 Å². The first-order chi connectivity index (χ1) is 6.60. The van der Waals surface area contributed by atoms with Crippen molar-refractivity contribution in [3.05, 3.63) is 28.0 Å². The van der Waals surface area contributed by atoms with Crippen LogP contribution in [0, 0.1) is 11.3 Å². The zero-order valence-corrected chi connectivity index (χ0v) is 7.59. The van der Waals surface area contributed by atoms with Gasteiger partial charge in [-0.25, -0.2) is 13.8 Å². The fourth-order valence-electron chi connectivity index (χ4n) is 0.917. The molecular weight excluding hydrogens is 214 g/mol. The Morgan fingerprint density at radius 3 is 2.71 bits per heavy atom. The lowest BCUT2D eigenvalue weighted by molar-refractivity contribution is 0.150. The minimum atomic E-state index is -2.81. The molecule has 14 heavy (non-hydrogen) atoms. The van der Waals surface area contributed by atoms with Crippen LogP contribution in [0.4, 0.5) is 8.78 Å². The van der Waals surface area contributed by atoms with Gasteiger partial charge in [0.05, 0.1) is 12.2 Å². The van der Waals surface area contributed by atoms with Gasteiger partial charge in [0.15, 0.2) is 5.69 Å². The van der Waals surface area contributed by atoms with E-state index in [2.05, 4.69) is 4.98 Å². The Kier molecular flexibility index (Phi) is 3.33. The Bertz CT molecular complexity index is 390. The van der Waals surface area contributed by atoms with Gasteiger partial charge in [0.2, 0.25) is 0 Å². The fourth-order valence-corrected chi connectivity index (χ4v) is 1.12. The monoisotopic (exact) mass is 218 g/mol. The quantitative estimate of drug-likeness (QED) is 0.773. The number of rotatable bonds is 2. The van der Waals surface area contributed by atoms with Crippen LogP contribution in [-0.2, 0) is 6.61 Å². The third kappa shape index (κ3) is 1.97. The SMILES string of the molecule is N#Cc1nc(Cl)c(CO)cc1C(F)F. The third-order valence-corrected chi connectivity index (χ3v) is 1.92. The van der Waals surface area contributed by atoms with E-state index in [1.807, 2.05) is 0 Å². The van der Waals surface area contributed by atoms with Crippen LogP contribution in [0.3, 0.4) is 0 Å². The highest BCUT2D eigenvalue weighted by Crippen LogP contribution is 2.25. The van der Waals surface area contributed by atoms with E-state index >= 15 is 0 Å². The zero-order valence-electron chi connectivity index (χ0n) is 6.84. The minimum Gasteiger partial charge on any atom is -0.392 e. The molecule has 0 aliphatic carbocycles. The van der Waals surface area contributed by atoms with Crippen molar-refractivity contribution in [2.24, 2.45) is 0 Å². The van der Waals surface area contributed by atoms with Crippen molar-refractivity contribution in [3.8, 4) is 6.07 Å². The largest absolute Gasteiger partial charge is 0.392 e. The number of aliphatic hydroxyl groups is 1. The molecule has 1 aromatic heterocycles. The summed E-state index contributed by atoms with van der Waals surface area (Å²) in [6, 6.07) is 2.50. The molecule has 1 aromatic rings. The maximum atomic E-state index is 12.3. The molecule has 0 fully saturated rings. The number of alkyl halides is 2. The summed E-state index contributed by atoms with van der Waals surface area (Å²) in [7, 11) is 0. The maximum absolute atomic E-state index is 12.3. The predicted octanol–water partition coefficient (Wildman–Crippen LogP) is 2.04. The topological polar surface area (TPSA) is 56.9 Å². The number of pyridine rings is 1. The normalized spacial score (nSPS) is 10.3. The molecule has 74 valence electrons. The Morgan fingerprint density at radius 1 is 1.64 bits per heavy atom. The molecule has 6 heteroatoms. The summed E-state index contributed by atoms with van der Waals surface area (Å²) >= 11 is 5.52. The van der Waals surface area contributed by atoms with E-state index < -0.39 is 24.3 Å². The molecule has 0 unspecified atom stereocenters. The second-order valence-corrected chi connectivity index (χ2v) is 2.80. The van der Waals surface area contributed by atoms with Crippen LogP contribution in [0.5, 0.6) is 0 Å². The van der Waals surface area contributed by atoms with E-state index in [0.717, 1.165) is 6.07 Å². The van der Waals surface area contributed by atoms with Gasteiger partial charge in [-0.05, 0) is 6.07 Å². The van der Waals surface area contributed by atoms with Gasteiger partial charge in [-0.2, -0.15) is 5.26 Å². The number of aromatic nitrogens is 1. The van der Waals surface area contributed by atoms with Gasteiger partial charge in [-0.3, -0.25) is 0 Å². The van der Waals surface area contributed by atoms with Crippen LogP contribution >= 0.6 is 11.6 Å². The van der Waals surface area contributed by atoms with Crippen LogP contribution in [0.1, 0.15) is 23.2 Å². The third-order valence-electron chi connectivity index (χ3n) is 1.59. The van der Waals surface area contributed by atoms with Gasteiger partial charge in [-0.15, -0.1) is 0 Å². The van der Waals surface area contributed by atoms with Crippen molar-refractivity contribution in [2.75, 3.05) is 0 Å². The van der Waals surface area contributed by atoms with E-state index in [4.69, 9.17) is 22.0 Å². The lowest BCUT2D eigenvalue weighted by Gasteiger charge is -2.05. The van der Waals surface area contributed by atoms with Crippen molar-refractivity contribution in [2.45, 2.75) is 13.0 Å². The van der Waals surface area contributed by atoms with E-state index in [0.29, 0.717) is 0 Å². The summed E-state index contributed by atoms with van der Waals surface area (Å²) in [5.41, 5.74) is -0.843. The Labute approximate surface area is 83.6 Å². The van der Waals surface area contributed by atoms with E-state index in [9.17, 15) is 8.78 Å². The smallest absolute Gasteiger partial charge is 0.266 e. The molecular formula is C8H5ClF2N2O. The van der Waals surface area contributed by atoms with Crippen molar-refractivity contribution in [1.29, 1.82) is 5.26 Å². The van der Waals surface area contributed by atoms with Crippen LogP contribution in [-0.4, -0.2) is 10.1 Å². The number of halogens is 3. The van der Waals surface area contributed by atoms with Gasteiger partial charge in [0.1, 0.15) is 11.2 Å². The van der Waals surface area contributed by atoms with E-state index in [-0.39, 0.29) is 10.7 Å². The fraction of sp³-hybridized carbons (Fsp3) is 0.250. The second kappa shape index (κ2) is 4.31. The molecule has 1 rings (SSSR count). The molecule has 0 amide bonds. The van der Waals surface area contributed by atoms with Crippen LogP contribution in [0.25, 0.3) is 0 Å². The first-order valence-electron chi connectivity index (χ1n) is 3.58. The summed E-state index contributed by atoms with van der Waals surface area (Å²) in [5.74, 6) is 0. The molecule has 0 spiro atoms. The summed E-state index contributed by atoms with van der Waals surface area (Å²) in [5, 5.41) is 17.1. The Hall–Kier alpha value is -1.25. The van der Waals surface area contributed by atoms with Crippen LogP contribution in [0.15, 0.2) is 6.07 Å². The molecule has 0 aliphatic rings. The summed E-state index contributed by atoms with van der Waals surface area (Å²) in [6.07, 6.45) is -2.81. The average Bonchev–Trinajstić information content (AvgIpc) is 2.16. The number of aliphatic hydroxyl groups excluding tert-OH is 1. The van der Waals surface area contributed by atoms with Gasteiger partial charge < -0.3 is 5.11 Å². The molecule has 0 bridgehead atoms. The molecule has 0 aliphatic heterocycles. The molecule has 0 saturated heterocycles. The second-order valence-electron chi connectivity index (χ2n) is 2.45. The predicted molar refractivity (Wildman–Crippen MR) is 44.8 cm³/mol. The number of nitrogens with zero attached hydrogens (tertiary/aromatic N) is 2. The average molecular weight is 219 g/mol. The van der Waals surface area contributed by atoms with Crippen molar-refractivity contribution < 1.29 is 13.9 Å². The summed E-state index contributed by atoms with van der Waals surface area (Å²) in [4.78, 5) is 3.45. The van der Waals surface area contributed by atoms with Crippen molar-refractivity contribution in [3.63, 3.8) is 0 Å².